The van der Waals surface area contributed by atoms with Gasteiger partial charge in [0.1, 0.15) is 11.4 Å². The lowest BCUT2D eigenvalue weighted by atomic mass is 10.2. The first-order valence-electron chi connectivity index (χ1n) is 9.65. The lowest BCUT2D eigenvalue weighted by molar-refractivity contribution is 0.0480. The number of carbonyl (C=O) groups is 1. The van der Waals surface area contributed by atoms with Gasteiger partial charge in [0.2, 0.25) is 11.7 Å². The largest absolute Gasteiger partial charge is 0.444 e. The van der Waals surface area contributed by atoms with Gasteiger partial charge in [0.05, 0.1) is 12.6 Å². The number of alkyl carbamates (subject to hydrolysis) is 1. The maximum atomic E-state index is 13.9. The topological polar surface area (TPSA) is 120 Å². The second-order valence-electron chi connectivity index (χ2n) is 7.81. The number of halogens is 2. The highest BCUT2D eigenvalue weighted by Crippen LogP contribution is 2.26. The summed E-state index contributed by atoms with van der Waals surface area (Å²) in [5, 5.41) is 16.0. The molecule has 32 heavy (non-hydrogen) atoms. The van der Waals surface area contributed by atoms with Gasteiger partial charge in [-0.25, -0.2) is 14.2 Å². The number of rotatable bonds is 7. The molecule has 170 valence electrons. The zero-order valence-electron chi connectivity index (χ0n) is 17.6. The van der Waals surface area contributed by atoms with E-state index in [0.717, 1.165) is 0 Å². The van der Waals surface area contributed by atoms with E-state index in [0.29, 0.717) is 21.6 Å². The summed E-state index contributed by atoms with van der Waals surface area (Å²) in [6, 6.07) is 7.22. The summed E-state index contributed by atoms with van der Waals surface area (Å²) in [7, 11) is 0. The number of aliphatic hydroxyl groups excluding tert-OH is 1. The summed E-state index contributed by atoms with van der Waals surface area (Å²) in [5.74, 6) is 0.193. The minimum Gasteiger partial charge on any atom is -0.444 e. The lowest BCUT2D eigenvalue weighted by Crippen LogP contribution is -2.42. The Morgan fingerprint density at radius 3 is 2.66 bits per heavy atom. The highest BCUT2D eigenvalue weighted by atomic mass is 79.9. The van der Waals surface area contributed by atoms with Crippen LogP contribution in [0.15, 0.2) is 45.5 Å². The second kappa shape index (κ2) is 10.0. The van der Waals surface area contributed by atoms with Gasteiger partial charge in [-0.2, -0.15) is 4.98 Å². The van der Waals surface area contributed by atoms with Gasteiger partial charge in [0.15, 0.2) is 5.82 Å². The number of nitrogens with zero attached hydrogens (tertiary/aromatic N) is 3. The van der Waals surface area contributed by atoms with Crippen molar-refractivity contribution >= 4 is 22.0 Å². The third kappa shape index (κ3) is 6.72. The number of benzene rings is 1. The zero-order valence-corrected chi connectivity index (χ0v) is 19.2. The number of hydrogen-bond acceptors (Lipinski definition) is 8. The second-order valence-corrected chi connectivity index (χ2v) is 8.72. The Kier molecular flexibility index (Phi) is 7.41. The fraction of sp³-hybridized carbons (Fsp3) is 0.333. The molecule has 0 spiro atoms. The van der Waals surface area contributed by atoms with E-state index < -0.39 is 23.6 Å². The molecule has 9 nitrogen and oxygen atoms in total. The van der Waals surface area contributed by atoms with Gasteiger partial charge in [0, 0.05) is 22.7 Å². The highest BCUT2D eigenvalue weighted by Gasteiger charge is 2.21. The number of nitrogens with one attached hydrogen (secondary N) is 1. The molecule has 0 unspecified atom stereocenters. The Balaban J connectivity index is 1.62. The summed E-state index contributed by atoms with van der Waals surface area (Å²) in [5.41, 5.74) is -0.0196. The summed E-state index contributed by atoms with van der Waals surface area (Å²) in [6.45, 7) is 4.90. The van der Waals surface area contributed by atoms with Crippen LogP contribution in [-0.4, -0.2) is 44.6 Å². The van der Waals surface area contributed by atoms with Gasteiger partial charge in [-0.3, -0.25) is 0 Å². The number of pyridine rings is 1. The summed E-state index contributed by atoms with van der Waals surface area (Å²) in [4.78, 5) is 20.1. The fourth-order valence-corrected chi connectivity index (χ4v) is 2.87. The molecule has 0 aliphatic heterocycles. The van der Waals surface area contributed by atoms with E-state index in [4.69, 9.17) is 14.0 Å². The van der Waals surface area contributed by atoms with E-state index in [2.05, 4.69) is 36.4 Å². The molecule has 0 aliphatic rings. The molecule has 2 aromatic heterocycles. The van der Waals surface area contributed by atoms with E-state index >= 15 is 0 Å². The molecule has 0 saturated carbocycles. The Morgan fingerprint density at radius 1 is 1.31 bits per heavy atom. The van der Waals surface area contributed by atoms with Crippen molar-refractivity contribution in [3.8, 4) is 23.0 Å². The van der Waals surface area contributed by atoms with Crippen LogP contribution >= 0.6 is 15.9 Å². The fourth-order valence-electron chi connectivity index (χ4n) is 2.56. The number of aliphatic hydroxyl groups is 1. The Labute approximate surface area is 192 Å². The van der Waals surface area contributed by atoms with Crippen LogP contribution < -0.4 is 10.1 Å². The molecule has 3 rings (SSSR count). The smallest absolute Gasteiger partial charge is 0.407 e. The van der Waals surface area contributed by atoms with Crippen LogP contribution in [0.3, 0.4) is 0 Å². The SMILES string of the molecule is CC(C)(C)OC(=O)N[C@H](CO)Cc1nc(-c2ccc(Oc3ncc(Br)cc3F)cc2)no1. The Bertz CT molecular complexity index is 1070. The van der Waals surface area contributed by atoms with Crippen LogP contribution in [0.25, 0.3) is 11.4 Å². The number of amides is 1. The molecule has 1 atom stereocenters. The summed E-state index contributed by atoms with van der Waals surface area (Å²) in [6.07, 6.45) is 0.909. The molecule has 0 saturated heterocycles. The van der Waals surface area contributed by atoms with Gasteiger partial charge in [-0.15, -0.1) is 0 Å². The molecule has 1 aromatic carbocycles. The maximum absolute atomic E-state index is 13.9. The first-order valence-corrected chi connectivity index (χ1v) is 10.4. The molecular formula is C21H22BrFN4O5. The lowest BCUT2D eigenvalue weighted by Gasteiger charge is -2.22. The van der Waals surface area contributed by atoms with E-state index in [1.165, 1.54) is 12.3 Å². The van der Waals surface area contributed by atoms with E-state index in [9.17, 15) is 14.3 Å². The van der Waals surface area contributed by atoms with Gasteiger partial charge >= 0.3 is 6.09 Å². The normalized spacial score (nSPS) is 12.3. The van der Waals surface area contributed by atoms with Gasteiger partial charge in [0.25, 0.3) is 5.88 Å². The van der Waals surface area contributed by atoms with Crippen molar-refractivity contribution in [1.82, 2.24) is 20.4 Å². The molecule has 11 heteroatoms. The van der Waals surface area contributed by atoms with Crippen molar-refractivity contribution in [2.45, 2.75) is 38.8 Å². The van der Waals surface area contributed by atoms with Crippen molar-refractivity contribution in [3.05, 3.63) is 52.7 Å². The molecule has 2 heterocycles. The van der Waals surface area contributed by atoms with Crippen molar-refractivity contribution in [3.63, 3.8) is 0 Å². The van der Waals surface area contributed by atoms with Crippen LogP contribution in [0.2, 0.25) is 0 Å². The third-order valence-electron chi connectivity index (χ3n) is 3.93. The average Bonchev–Trinajstić information content (AvgIpc) is 3.17. The van der Waals surface area contributed by atoms with Crippen LogP contribution in [0.5, 0.6) is 11.6 Å². The zero-order chi connectivity index (χ0) is 23.3. The first kappa shape index (κ1) is 23.6. The quantitative estimate of drug-likeness (QED) is 0.485. The van der Waals surface area contributed by atoms with E-state index in [1.807, 2.05) is 0 Å². The van der Waals surface area contributed by atoms with Gasteiger partial charge in [-0.05, 0) is 67.0 Å². The van der Waals surface area contributed by atoms with Crippen molar-refractivity contribution in [2.24, 2.45) is 0 Å². The Hall–Kier alpha value is -3.05. The van der Waals surface area contributed by atoms with Crippen molar-refractivity contribution < 1.29 is 28.3 Å². The predicted octanol–water partition coefficient (Wildman–Crippen LogP) is 4.25. The van der Waals surface area contributed by atoms with Crippen molar-refractivity contribution in [2.75, 3.05) is 6.61 Å². The van der Waals surface area contributed by atoms with Crippen LogP contribution in [0.4, 0.5) is 9.18 Å². The molecular weight excluding hydrogens is 487 g/mol. The highest BCUT2D eigenvalue weighted by molar-refractivity contribution is 9.10. The standard InChI is InChI=1S/C21H22BrFN4O5/c1-21(2,3)31-20(29)25-14(11-28)9-17-26-18(27-32-17)12-4-6-15(7-5-12)30-19-16(23)8-13(22)10-24-19/h4-8,10,14,28H,9,11H2,1-3H3,(H,25,29)/t14-/m0/s1. The van der Waals surface area contributed by atoms with E-state index in [-0.39, 0.29) is 24.8 Å². The number of ether oxygens (including phenoxy) is 2. The predicted molar refractivity (Wildman–Crippen MR) is 116 cm³/mol. The monoisotopic (exact) mass is 508 g/mol. The number of carbonyl (C=O) groups excluding carboxylic acids is 1. The number of hydrogen-bond donors (Lipinski definition) is 2. The minimum atomic E-state index is -0.656. The van der Waals surface area contributed by atoms with Gasteiger partial charge < -0.3 is 24.4 Å². The molecule has 0 fully saturated rings. The molecule has 2 N–H and O–H groups in total. The van der Waals surface area contributed by atoms with Crippen molar-refractivity contribution in [1.29, 1.82) is 0 Å². The van der Waals surface area contributed by atoms with Crippen LogP contribution in [-0.2, 0) is 11.2 Å². The number of aromatic nitrogens is 3. The maximum Gasteiger partial charge on any atom is 0.407 e. The summed E-state index contributed by atoms with van der Waals surface area (Å²) >= 11 is 3.14. The molecule has 0 radical (unpaired) electrons. The first-order chi connectivity index (χ1) is 15.1. The molecule has 0 bridgehead atoms. The van der Waals surface area contributed by atoms with E-state index in [1.54, 1.807) is 45.0 Å². The minimum absolute atomic E-state index is 0.123. The average molecular weight is 509 g/mol. The Morgan fingerprint density at radius 2 is 2.03 bits per heavy atom. The molecule has 1 amide bonds. The third-order valence-corrected chi connectivity index (χ3v) is 4.37. The molecule has 3 aromatic rings. The van der Waals surface area contributed by atoms with Crippen LogP contribution in [0, 0.1) is 5.82 Å². The van der Waals surface area contributed by atoms with Crippen LogP contribution in [0.1, 0.15) is 26.7 Å². The summed E-state index contributed by atoms with van der Waals surface area (Å²) < 4.78 is 30.2. The van der Waals surface area contributed by atoms with Gasteiger partial charge in [-0.1, -0.05) is 5.16 Å². The molecule has 0 aliphatic carbocycles.